The summed E-state index contributed by atoms with van der Waals surface area (Å²) < 4.78 is 10.6. The largest absolute Gasteiger partial charge is 0.497 e. The summed E-state index contributed by atoms with van der Waals surface area (Å²) in [4.78, 5) is 9.34. The number of benzene rings is 3. The summed E-state index contributed by atoms with van der Waals surface area (Å²) in [5.41, 5.74) is 7.69. The Morgan fingerprint density at radius 2 is 1.60 bits per heavy atom. The van der Waals surface area contributed by atoms with Gasteiger partial charge in [0.25, 0.3) is 0 Å². The van der Waals surface area contributed by atoms with Crippen LogP contribution in [0.3, 0.4) is 0 Å². The second-order valence-corrected chi connectivity index (χ2v) is 6.80. The lowest BCUT2D eigenvalue weighted by Gasteiger charge is -2.09. The van der Waals surface area contributed by atoms with Crippen molar-refractivity contribution in [3.05, 3.63) is 77.9 Å². The molecule has 4 rings (SSSR count). The monoisotopic (exact) mass is 398 g/mol. The molecule has 1 heterocycles. The molecule has 0 atom stereocenters. The predicted octanol–water partition coefficient (Wildman–Crippen LogP) is 5.07. The third-order valence-corrected chi connectivity index (χ3v) is 4.65. The molecular weight excluding hydrogens is 376 g/mol. The molecule has 4 aromatic rings. The van der Waals surface area contributed by atoms with Crippen molar-refractivity contribution in [1.82, 2.24) is 9.97 Å². The van der Waals surface area contributed by atoms with Crippen molar-refractivity contribution in [3.63, 3.8) is 0 Å². The Kier molecular flexibility index (Phi) is 5.57. The maximum Gasteiger partial charge on any atom is 0.244 e. The zero-order valence-corrected chi connectivity index (χ0v) is 17.1. The molecule has 0 aliphatic rings. The Morgan fingerprint density at radius 3 is 2.30 bits per heavy atom. The molecule has 0 spiro atoms. The SMILES string of the molecule is COc1cc(C=NNc2nc(-c3ccccc3)c3cc(C)ccc3n2)cc(OC)c1. The van der Waals surface area contributed by atoms with Crippen molar-refractivity contribution in [3.8, 4) is 22.8 Å². The molecule has 30 heavy (non-hydrogen) atoms. The molecule has 0 bridgehead atoms. The van der Waals surface area contributed by atoms with Gasteiger partial charge >= 0.3 is 0 Å². The van der Waals surface area contributed by atoms with E-state index in [9.17, 15) is 0 Å². The van der Waals surface area contributed by atoms with Crippen LogP contribution in [0.25, 0.3) is 22.2 Å². The number of aromatic nitrogens is 2. The van der Waals surface area contributed by atoms with Gasteiger partial charge < -0.3 is 9.47 Å². The molecule has 0 aliphatic heterocycles. The molecule has 0 fully saturated rings. The van der Waals surface area contributed by atoms with E-state index < -0.39 is 0 Å². The van der Waals surface area contributed by atoms with Crippen molar-refractivity contribution >= 4 is 23.1 Å². The number of anilines is 1. The minimum atomic E-state index is 0.427. The lowest BCUT2D eigenvalue weighted by Crippen LogP contribution is -2.00. The Morgan fingerprint density at radius 1 is 0.867 bits per heavy atom. The third kappa shape index (κ3) is 4.22. The van der Waals surface area contributed by atoms with Crippen molar-refractivity contribution in [2.45, 2.75) is 6.92 Å². The molecule has 0 amide bonds. The first kappa shape index (κ1) is 19.4. The van der Waals surface area contributed by atoms with E-state index in [1.165, 1.54) is 0 Å². The Balaban J connectivity index is 1.68. The average molecular weight is 398 g/mol. The van der Waals surface area contributed by atoms with Gasteiger partial charge in [0.1, 0.15) is 11.5 Å². The highest BCUT2D eigenvalue weighted by Crippen LogP contribution is 2.28. The molecule has 0 unspecified atom stereocenters. The number of methoxy groups -OCH3 is 2. The summed E-state index contributed by atoms with van der Waals surface area (Å²) in [6, 6.07) is 21.8. The number of nitrogens with one attached hydrogen (secondary N) is 1. The summed E-state index contributed by atoms with van der Waals surface area (Å²) in [7, 11) is 3.23. The molecule has 6 nitrogen and oxygen atoms in total. The van der Waals surface area contributed by atoms with Gasteiger partial charge in [0.15, 0.2) is 0 Å². The van der Waals surface area contributed by atoms with E-state index in [1.807, 2.05) is 60.7 Å². The van der Waals surface area contributed by atoms with Crippen molar-refractivity contribution in [2.24, 2.45) is 5.10 Å². The van der Waals surface area contributed by atoms with Gasteiger partial charge in [-0.15, -0.1) is 0 Å². The zero-order chi connectivity index (χ0) is 20.9. The van der Waals surface area contributed by atoms with Gasteiger partial charge in [-0.25, -0.2) is 15.4 Å². The number of aryl methyl sites for hydroxylation is 1. The van der Waals surface area contributed by atoms with E-state index in [0.717, 1.165) is 33.3 Å². The molecule has 0 saturated heterocycles. The molecule has 3 aromatic carbocycles. The van der Waals surface area contributed by atoms with Gasteiger partial charge in [-0.05, 0) is 31.2 Å². The van der Waals surface area contributed by atoms with Crippen LogP contribution in [0.5, 0.6) is 11.5 Å². The summed E-state index contributed by atoms with van der Waals surface area (Å²) in [5, 5.41) is 5.32. The fourth-order valence-electron chi connectivity index (χ4n) is 3.18. The molecule has 6 heteroatoms. The number of rotatable bonds is 6. The number of nitrogens with zero attached hydrogens (tertiary/aromatic N) is 3. The van der Waals surface area contributed by atoms with Crippen LogP contribution >= 0.6 is 0 Å². The fourth-order valence-corrected chi connectivity index (χ4v) is 3.18. The smallest absolute Gasteiger partial charge is 0.244 e. The molecule has 1 N–H and O–H groups in total. The molecule has 0 radical (unpaired) electrons. The van der Waals surface area contributed by atoms with Crippen LogP contribution < -0.4 is 14.9 Å². The van der Waals surface area contributed by atoms with Crippen LogP contribution in [0, 0.1) is 6.92 Å². The van der Waals surface area contributed by atoms with Gasteiger partial charge in [-0.3, -0.25) is 0 Å². The van der Waals surface area contributed by atoms with E-state index in [0.29, 0.717) is 17.4 Å². The van der Waals surface area contributed by atoms with Crippen LogP contribution in [0.2, 0.25) is 0 Å². The van der Waals surface area contributed by atoms with Gasteiger partial charge in [0, 0.05) is 22.6 Å². The predicted molar refractivity (Wildman–Crippen MR) is 120 cm³/mol. The maximum atomic E-state index is 5.30. The topological polar surface area (TPSA) is 68.6 Å². The first-order chi connectivity index (χ1) is 14.7. The molecule has 150 valence electrons. The van der Waals surface area contributed by atoms with Crippen LogP contribution in [0.4, 0.5) is 5.95 Å². The molecule has 0 saturated carbocycles. The number of ether oxygens (including phenoxy) is 2. The second-order valence-electron chi connectivity index (χ2n) is 6.80. The third-order valence-electron chi connectivity index (χ3n) is 4.65. The van der Waals surface area contributed by atoms with Crippen LogP contribution in [-0.2, 0) is 0 Å². The van der Waals surface area contributed by atoms with Crippen molar-refractivity contribution in [2.75, 3.05) is 19.6 Å². The minimum absolute atomic E-state index is 0.427. The molecule has 1 aromatic heterocycles. The molecule has 0 aliphatic carbocycles. The summed E-state index contributed by atoms with van der Waals surface area (Å²) in [6.07, 6.45) is 1.68. The minimum Gasteiger partial charge on any atom is -0.497 e. The number of hydrogen-bond acceptors (Lipinski definition) is 6. The quantitative estimate of drug-likeness (QED) is 0.363. The maximum absolute atomic E-state index is 5.30. The van der Waals surface area contributed by atoms with Crippen molar-refractivity contribution in [1.29, 1.82) is 0 Å². The second kappa shape index (κ2) is 8.61. The molecular formula is C24H22N4O2. The zero-order valence-electron chi connectivity index (χ0n) is 17.1. The highest BCUT2D eigenvalue weighted by molar-refractivity contribution is 5.93. The highest BCUT2D eigenvalue weighted by Gasteiger charge is 2.10. The van der Waals surface area contributed by atoms with Crippen LogP contribution in [0.1, 0.15) is 11.1 Å². The number of hydrogen-bond donors (Lipinski definition) is 1. The fraction of sp³-hybridized carbons (Fsp3) is 0.125. The Hall–Kier alpha value is -3.93. The van der Waals surface area contributed by atoms with Crippen LogP contribution in [-0.4, -0.2) is 30.4 Å². The van der Waals surface area contributed by atoms with Gasteiger partial charge in [0.2, 0.25) is 5.95 Å². The summed E-state index contributed by atoms with van der Waals surface area (Å²) in [5.74, 6) is 1.82. The summed E-state index contributed by atoms with van der Waals surface area (Å²) >= 11 is 0. The Bertz CT molecular complexity index is 1180. The lowest BCUT2D eigenvalue weighted by atomic mass is 10.0. The van der Waals surface area contributed by atoms with Gasteiger partial charge in [-0.1, -0.05) is 42.0 Å². The first-order valence-corrected chi connectivity index (χ1v) is 9.52. The Labute approximate surface area is 175 Å². The van der Waals surface area contributed by atoms with E-state index in [2.05, 4.69) is 28.5 Å². The van der Waals surface area contributed by atoms with Crippen LogP contribution in [0.15, 0.2) is 71.8 Å². The average Bonchev–Trinajstić information content (AvgIpc) is 2.79. The van der Waals surface area contributed by atoms with Gasteiger partial charge in [0.05, 0.1) is 31.6 Å². The summed E-state index contributed by atoms with van der Waals surface area (Å²) in [6.45, 7) is 2.06. The standard InChI is InChI=1S/C24H22N4O2/c1-16-9-10-22-21(11-16)23(18-7-5-4-6-8-18)27-24(26-22)28-25-15-17-12-19(29-2)14-20(13-17)30-3/h4-15H,1-3H3,(H,26,27,28). The van der Waals surface area contributed by atoms with Gasteiger partial charge in [-0.2, -0.15) is 5.10 Å². The van der Waals surface area contributed by atoms with E-state index in [4.69, 9.17) is 14.5 Å². The van der Waals surface area contributed by atoms with E-state index in [-0.39, 0.29) is 0 Å². The van der Waals surface area contributed by atoms with E-state index >= 15 is 0 Å². The first-order valence-electron chi connectivity index (χ1n) is 9.52. The number of hydrazone groups is 1. The van der Waals surface area contributed by atoms with Crippen molar-refractivity contribution < 1.29 is 9.47 Å². The number of fused-ring (bicyclic) bond motifs is 1. The lowest BCUT2D eigenvalue weighted by molar-refractivity contribution is 0.394. The highest BCUT2D eigenvalue weighted by atomic mass is 16.5. The normalized spacial score (nSPS) is 11.0. The van der Waals surface area contributed by atoms with E-state index in [1.54, 1.807) is 20.4 Å².